The third-order valence-corrected chi connectivity index (χ3v) is 7.70. The smallest absolute Gasteiger partial charge is 0.327 e. The first-order valence-electron chi connectivity index (χ1n) is 14.2. The number of ether oxygens (including phenoxy) is 1. The zero-order valence-corrected chi connectivity index (χ0v) is 24.8. The van der Waals surface area contributed by atoms with Crippen LogP contribution in [0.15, 0.2) is 0 Å². The van der Waals surface area contributed by atoms with E-state index in [1.54, 1.807) is 6.92 Å². The van der Waals surface area contributed by atoms with Crippen LogP contribution in [0.1, 0.15) is 129 Å². The first kappa shape index (κ1) is 36.5. The van der Waals surface area contributed by atoms with Gasteiger partial charge in [-0.2, -0.15) is 0 Å². The molecule has 10 heteroatoms. The number of unbranched alkanes of at least 4 members (excludes halogenated alkanes) is 17. The van der Waals surface area contributed by atoms with E-state index in [2.05, 4.69) is 6.92 Å². The maximum atomic E-state index is 9.88. The van der Waals surface area contributed by atoms with Gasteiger partial charge in [0.25, 0.3) is 0 Å². The molecule has 0 fully saturated rings. The van der Waals surface area contributed by atoms with Crippen molar-refractivity contribution in [2.75, 3.05) is 26.4 Å². The Labute approximate surface area is 223 Å². The minimum Gasteiger partial charge on any atom is -0.396 e. The molecule has 0 amide bonds. The molecule has 0 radical (unpaired) electrons. The first-order valence-corrected chi connectivity index (χ1v) is 16.5. The van der Waals surface area contributed by atoms with Gasteiger partial charge in [-0.25, -0.2) is 0 Å². The molecule has 0 bridgehead atoms. The number of rotatable bonds is 28. The molecular formula is C26H56O8P2. The molecular weight excluding hydrogens is 502 g/mol. The predicted molar refractivity (Wildman–Crippen MR) is 148 cm³/mol. The van der Waals surface area contributed by atoms with Crippen molar-refractivity contribution in [3.8, 4) is 0 Å². The van der Waals surface area contributed by atoms with E-state index in [1.165, 1.54) is 103 Å². The minimum absolute atomic E-state index is 0.230. The normalized spacial score (nSPS) is 13.2. The third-order valence-electron chi connectivity index (χ3n) is 6.98. The summed E-state index contributed by atoms with van der Waals surface area (Å²) in [5.41, 5.74) is -1.12. The monoisotopic (exact) mass is 558 g/mol. The van der Waals surface area contributed by atoms with Crippen LogP contribution in [0, 0.1) is 5.41 Å². The topological polar surface area (TPSA) is 129 Å². The largest absolute Gasteiger partial charge is 0.396 e. The van der Waals surface area contributed by atoms with Crippen LogP contribution >= 0.6 is 17.2 Å². The van der Waals surface area contributed by atoms with E-state index in [1.807, 2.05) is 0 Å². The van der Waals surface area contributed by atoms with E-state index in [0.717, 1.165) is 12.8 Å². The van der Waals surface area contributed by atoms with Gasteiger partial charge in [0.1, 0.15) is 0 Å². The van der Waals surface area contributed by atoms with E-state index in [0.29, 0.717) is 6.61 Å². The molecule has 8 nitrogen and oxygen atoms in total. The Balaban J connectivity index is 3.70. The number of aliphatic hydroxyl groups is 1. The van der Waals surface area contributed by atoms with Gasteiger partial charge in [-0.15, -0.1) is 0 Å². The van der Waals surface area contributed by atoms with Crippen LogP contribution in [0.25, 0.3) is 0 Å². The molecule has 0 saturated heterocycles. The number of hydrogen-bond donors (Lipinski definition) is 5. The standard InChI is InChI=1S/C26H56O8P2/c1-3-4-5-6-7-8-9-10-11-12-13-14-15-16-17-18-19-20-21-32-25(2)26(22-27,23-33-35(28)29)24-34-36(30)31/h25,27-31H,3-24H2,1-2H3. The SMILES string of the molecule is CCCCCCCCCCCCCCCCCCCCOC(C)C(CO)(COP(O)O)COP(O)O. The predicted octanol–water partition coefficient (Wildman–Crippen LogP) is 6.87. The summed E-state index contributed by atoms with van der Waals surface area (Å²) in [4.78, 5) is 36.2. The van der Waals surface area contributed by atoms with Crippen molar-refractivity contribution in [2.45, 2.75) is 136 Å². The molecule has 0 saturated carbocycles. The molecule has 0 aromatic heterocycles. The van der Waals surface area contributed by atoms with Gasteiger partial charge in [-0.3, -0.25) is 0 Å². The third kappa shape index (κ3) is 21.5. The Kier molecular flexibility index (Phi) is 26.2. The molecule has 1 atom stereocenters. The number of aliphatic hydroxyl groups excluding tert-OH is 1. The highest BCUT2D eigenvalue weighted by Gasteiger charge is 2.39. The second-order valence-electron chi connectivity index (χ2n) is 10.1. The Morgan fingerprint density at radius 2 is 0.917 bits per heavy atom. The summed E-state index contributed by atoms with van der Waals surface area (Å²) in [7, 11) is -5.20. The van der Waals surface area contributed by atoms with Gasteiger partial charge >= 0.3 is 17.2 Å². The Hall–Kier alpha value is 0.540. The Morgan fingerprint density at radius 3 is 1.22 bits per heavy atom. The van der Waals surface area contributed by atoms with Crippen LogP contribution in [-0.4, -0.2) is 57.2 Å². The maximum Gasteiger partial charge on any atom is 0.327 e. The minimum atomic E-state index is -2.60. The first-order chi connectivity index (χ1) is 17.4. The van der Waals surface area contributed by atoms with Crippen molar-refractivity contribution in [3.63, 3.8) is 0 Å². The van der Waals surface area contributed by atoms with Crippen molar-refractivity contribution in [3.05, 3.63) is 0 Å². The average molecular weight is 559 g/mol. The van der Waals surface area contributed by atoms with Crippen molar-refractivity contribution >= 4 is 17.2 Å². The van der Waals surface area contributed by atoms with E-state index in [4.69, 9.17) is 33.4 Å². The zero-order valence-electron chi connectivity index (χ0n) is 23.0. The fourth-order valence-electron chi connectivity index (χ4n) is 4.31. The van der Waals surface area contributed by atoms with Crippen molar-refractivity contribution in [1.29, 1.82) is 0 Å². The van der Waals surface area contributed by atoms with Gasteiger partial charge in [0.05, 0.1) is 31.3 Å². The van der Waals surface area contributed by atoms with Crippen LogP contribution in [0.5, 0.6) is 0 Å². The molecule has 36 heavy (non-hydrogen) atoms. The molecule has 0 aromatic carbocycles. The lowest BCUT2D eigenvalue weighted by atomic mass is 9.85. The van der Waals surface area contributed by atoms with Crippen LogP contribution in [0.4, 0.5) is 0 Å². The van der Waals surface area contributed by atoms with Crippen molar-refractivity contribution < 1.29 is 38.5 Å². The molecule has 0 spiro atoms. The summed E-state index contributed by atoms with van der Waals surface area (Å²) < 4.78 is 15.6. The summed E-state index contributed by atoms with van der Waals surface area (Å²) in [6.07, 6.45) is 23.2. The average Bonchev–Trinajstić information content (AvgIpc) is 2.85. The Morgan fingerprint density at radius 1 is 0.583 bits per heavy atom. The van der Waals surface area contributed by atoms with Gasteiger partial charge in [0, 0.05) is 6.61 Å². The van der Waals surface area contributed by atoms with Gasteiger partial charge in [0.15, 0.2) is 0 Å². The van der Waals surface area contributed by atoms with Crippen LogP contribution in [0.2, 0.25) is 0 Å². The molecule has 0 heterocycles. The zero-order chi connectivity index (χ0) is 26.9. The molecule has 0 rings (SSSR count). The summed E-state index contributed by atoms with van der Waals surface area (Å²) >= 11 is 0. The summed E-state index contributed by atoms with van der Waals surface area (Å²) in [5, 5.41) is 9.88. The molecule has 0 aromatic rings. The van der Waals surface area contributed by atoms with Crippen molar-refractivity contribution in [2.24, 2.45) is 5.41 Å². The molecule has 5 N–H and O–H groups in total. The molecule has 218 valence electrons. The lowest BCUT2D eigenvalue weighted by Crippen LogP contribution is -2.46. The van der Waals surface area contributed by atoms with E-state index in [-0.39, 0.29) is 13.2 Å². The van der Waals surface area contributed by atoms with Crippen LogP contribution in [-0.2, 0) is 13.8 Å². The van der Waals surface area contributed by atoms with Crippen LogP contribution in [0.3, 0.4) is 0 Å². The van der Waals surface area contributed by atoms with Gasteiger partial charge < -0.3 is 38.5 Å². The number of hydrogen-bond acceptors (Lipinski definition) is 8. The second-order valence-corrected chi connectivity index (χ2v) is 11.6. The quantitative estimate of drug-likeness (QED) is 0.0520. The molecule has 0 aliphatic carbocycles. The highest BCUT2D eigenvalue weighted by Crippen LogP contribution is 2.36. The molecule has 1 unspecified atom stereocenters. The van der Waals surface area contributed by atoms with Gasteiger partial charge in [-0.05, 0) is 13.3 Å². The maximum absolute atomic E-state index is 9.88. The highest BCUT2D eigenvalue weighted by molar-refractivity contribution is 7.39. The second kappa shape index (κ2) is 25.8. The summed E-state index contributed by atoms with van der Waals surface area (Å²) in [5.74, 6) is 0. The summed E-state index contributed by atoms with van der Waals surface area (Å²) in [6, 6.07) is 0. The van der Waals surface area contributed by atoms with Gasteiger partial charge in [0.2, 0.25) is 0 Å². The summed E-state index contributed by atoms with van der Waals surface area (Å²) in [6.45, 7) is 3.64. The fourth-order valence-corrected chi connectivity index (χ4v) is 5.05. The molecule has 0 aliphatic rings. The van der Waals surface area contributed by atoms with E-state index >= 15 is 0 Å². The lowest BCUT2D eigenvalue weighted by Gasteiger charge is -2.36. The van der Waals surface area contributed by atoms with Crippen LogP contribution < -0.4 is 0 Å². The van der Waals surface area contributed by atoms with Gasteiger partial charge in [-0.1, -0.05) is 116 Å². The van der Waals surface area contributed by atoms with Crippen molar-refractivity contribution in [1.82, 2.24) is 0 Å². The highest BCUT2D eigenvalue weighted by atomic mass is 31.2. The lowest BCUT2D eigenvalue weighted by molar-refractivity contribution is -0.0985. The Bertz CT molecular complexity index is 446. The van der Waals surface area contributed by atoms with E-state index < -0.39 is 35.3 Å². The van der Waals surface area contributed by atoms with E-state index in [9.17, 15) is 5.11 Å². The fraction of sp³-hybridized carbons (Fsp3) is 1.00. The molecule has 0 aliphatic heterocycles.